The van der Waals surface area contributed by atoms with Crippen LogP contribution in [-0.4, -0.2) is 37.5 Å². The quantitative estimate of drug-likeness (QED) is 0.705. The fourth-order valence-corrected chi connectivity index (χ4v) is 1.44. The summed E-state index contributed by atoms with van der Waals surface area (Å²) >= 11 is 0. The minimum Gasteiger partial charge on any atom is -0.392 e. The van der Waals surface area contributed by atoms with Crippen molar-refractivity contribution in [3.05, 3.63) is 0 Å². The number of aliphatic hydroxyl groups excluding tert-OH is 1. The van der Waals surface area contributed by atoms with Crippen LogP contribution in [0.5, 0.6) is 0 Å². The van der Waals surface area contributed by atoms with Gasteiger partial charge in [-0.05, 0) is 38.6 Å². The summed E-state index contributed by atoms with van der Waals surface area (Å²) in [4.78, 5) is 0. The van der Waals surface area contributed by atoms with Crippen LogP contribution in [0.4, 0.5) is 0 Å². The van der Waals surface area contributed by atoms with Gasteiger partial charge in [-0.2, -0.15) is 0 Å². The number of aliphatic hydroxyl groups is 1. The van der Waals surface area contributed by atoms with E-state index in [1.807, 2.05) is 13.8 Å². The van der Waals surface area contributed by atoms with Crippen molar-refractivity contribution in [2.45, 2.75) is 58.2 Å². The maximum Gasteiger partial charge on any atom is 0.0665 e. The van der Waals surface area contributed by atoms with E-state index in [9.17, 15) is 0 Å². The average molecular weight is 217 g/mol. The van der Waals surface area contributed by atoms with Gasteiger partial charge in [0.2, 0.25) is 0 Å². The Balaban J connectivity index is 0.000000227. The summed E-state index contributed by atoms with van der Waals surface area (Å²) in [6, 6.07) is 0. The van der Waals surface area contributed by atoms with Crippen molar-refractivity contribution in [1.29, 1.82) is 0 Å². The molecule has 1 saturated carbocycles. The third-order valence-corrected chi connectivity index (χ3v) is 2.66. The van der Waals surface area contributed by atoms with E-state index in [1.165, 1.54) is 19.3 Å². The smallest absolute Gasteiger partial charge is 0.0665 e. The standard InChI is InChI=1S/C5H11NO.C5H10O.C2H6/c7-5-2-1-3-6-4-5;1-6-5-3-2-4-5;1-2/h5-7H,1-4H2;5H,2-4H2,1H3;1-2H3. The Bertz CT molecular complexity index is 118. The molecule has 2 aliphatic rings. The van der Waals surface area contributed by atoms with Crippen molar-refractivity contribution in [1.82, 2.24) is 5.32 Å². The predicted octanol–water partition coefficient (Wildman–Crippen LogP) is 1.94. The molecule has 0 bridgehead atoms. The van der Waals surface area contributed by atoms with Crippen molar-refractivity contribution in [2.24, 2.45) is 0 Å². The molecular weight excluding hydrogens is 190 g/mol. The van der Waals surface area contributed by atoms with Gasteiger partial charge in [0, 0.05) is 13.7 Å². The Morgan fingerprint density at radius 1 is 1.13 bits per heavy atom. The number of hydrogen-bond acceptors (Lipinski definition) is 3. The number of methoxy groups -OCH3 is 1. The Morgan fingerprint density at radius 3 is 1.93 bits per heavy atom. The van der Waals surface area contributed by atoms with Gasteiger partial charge in [-0.15, -0.1) is 0 Å². The molecule has 3 heteroatoms. The molecule has 0 aromatic carbocycles. The predicted molar refractivity (Wildman–Crippen MR) is 64.1 cm³/mol. The number of rotatable bonds is 1. The highest BCUT2D eigenvalue weighted by atomic mass is 16.5. The summed E-state index contributed by atoms with van der Waals surface area (Å²) in [5, 5.41) is 11.9. The molecule has 0 aromatic heterocycles. The van der Waals surface area contributed by atoms with Gasteiger partial charge in [-0.25, -0.2) is 0 Å². The van der Waals surface area contributed by atoms with E-state index in [2.05, 4.69) is 5.32 Å². The lowest BCUT2D eigenvalue weighted by molar-refractivity contribution is 0.0412. The Kier molecular flexibility index (Phi) is 10.3. The van der Waals surface area contributed by atoms with E-state index >= 15 is 0 Å². The normalized spacial score (nSPS) is 25.2. The SMILES string of the molecule is CC.COC1CCC1.OC1CCCNC1. The molecule has 2 fully saturated rings. The molecule has 92 valence electrons. The number of nitrogens with one attached hydrogen (secondary N) is 1. The molecule has 1 atom stereocenters. The highest BCUT2D eigenvalue weighted by Crippen LogP contribution is 2.20. The zero-order valence-electron chi connectivity index (χ0n) is 10.5. The van der Waals surface area contributed by atoms with E-state index < -0.39 is 0 Å². The lowest BCUT2D eigenvalue weighted by Gasteiger charge is -2.22. The lowest BCUT2D eigenvalue weighted by Crippen LogP contribution is -2.33. The van der Waals surface area contributed by atoms with Crippen LogP contribution < -0.4 is 5.32 Å². The Labute approximate surface area is 94.2 Å². The summed E-state index contributed by atoms with van der Waals surface area (Å²) in [7, 11) is 1.78. The first-order chi connectivity index (χ1) is 7.33. The van der Waals surface area contributed by atoms with Gasteiger partial charge < -0.3 is 15.2 Å². The van der Waals surface area contributed by atoms with Gasteiger partial charge in [0.1, 0.15) is 0 Å². The van der Waals surface area contributed by atoms with Gasteiger partial charge in [0.05, 0.1) is 12.2 Å². The molecular formula is C12H27NO2. The topological polar surface area (TPSA) is 41.5 Å². The summed E-state index contributed by atoms with van der Waals surface area (Å²) in [6.07, 6.45) is 6.60. The van der Waals surface area contributed by atoms with Crippen molar-refractivity contribution in [3.63, 3.8) is 0 Å². The van der Waals surface area contributed by atoms with Crippen molar-refractivity contribution < 1.29 is 9.84 Å². The molecule has 1 aliphatic carbocycles. The van der Waals surface area contributed by atoms with E-state index in [4.69, 9.17) is 9.84 Å². The highest BCUT2D eigenvalue weighted by Gasteiger charge is 2.14. The molecule has 0 radical (unpaired) electrons. The summed E-state index contributed by atoms with van der Waals surface area (Å²) in [5.41, 5.74) is 0. The van der Waals surface area contributed by atoms with Gasteiger partial charge in [0.15, 0.2) is 0 Å². The van der Waals surface area contributed by atoms with Gasteiger partial charge in [-0.1, -0.05) is 13.8 Å². The number of ether oxygens (including phenoxy) is 1. The van der Waals surface area contributed by atoms with Crippen LogP contribution in [0.15, 0.2) is 0 Å². The Hall–Kier alpha value is -0.120. The zero-order valence-corrected chi connectivity index (χ0v) is 10.5. The second kappa shape index (κ2) is 10.4. The van der Waals surface area contributed by atoms with Crippen LogP contribution >= 0.6 is 0 Å². The minimum absolute atomic E-state index is 0.0752. The molecule has 1 heterocycles. The van der Waals surface area contributed by atoms with Crippen molar-refractivity contribution in [3.8, 4) is 0 Å². The largest absolute Gasteiger partial charge is 0.392 e. The van der Waals surface area contributed by atoms with Crippen LogP contribution in [0.3, 0.4) is 0 Å². The average Bonchev–Trinajstić information content (AvgIpc) is 2.21. The fraction of sp³-hybridized carbons (Fsp3) is 1.00. The third kappa shape index (κ3) is 7.77. The van der Waals surface area contributed by atoms with Crippen LogP contribution in [0, 0.1) is 0 Å². The number of β-amino-alcohol motifs (C(OH)–C–C–N with tert-alkyl or cyclic N) is 1. The first kappa shape index (κ1) is 14.9. The fourth-order valence-electron chi connectivity index (χ4n) is 1.44. The maximum absolute atomic E-state index is 8.85. The summed E-state index contributed by atoms with van der Waals surface area (Å²) in [5.74, 6) is 0. The highest BCUT2D eigenvalue weighted by molar-refractivity contribution is 4.67. The molecule has 15 heavy (non-hydrogen) atoms. The molecule has 0 amide bonds. The third-order valence-electron chi connectivity index (χ3n) is 2.66. The maximum atomic E-state index is 8.85. The Morgan fingerprint density at radius 2 is 1.80 bits per heavy atom. The number of hydrogen-bond donors (Lipinski definition) is 2. The van der Waals surface area contributed by atoms with E-state index in [1.54, 1.807) is 7.11 Å². The van der Waals surface area contributed by atoms with Crippen molar-refractivity contribution >= 4 is 0 Å². The van der Waals surface area contributed by atoms with Crippen LogP contribution in [0.25, 0.3) is 0 Å². The van der Waals surface area contributed by atoms with E-state index in [-0.39, 0.29) is 6.10 Å². The molecule has 1 unspecified atom stereocenters. The monoisotopic (exact) mass is 217 g/mol. The molecule has 0 aromatic rings. The molecule has 3 nitrogen and oxygen atoms in total. The van der Waals surface area contributed by atoms with E-state index in [0.29, 0.717) is 6.10 Å². The minimum atomic E-state index is -0.0752. The second-order valence-electron chi connectivity index (χ2n) is 3.79. The van der Waals surface area contributed by atoms with Crippen molar-refractivity contribution in [2.75, 3.05) is 20.2 Å². The number of piperidine rings is 1. The van der Waals surface area contributed by atoms with Gasteiger partial charge >= 0.3 is 0 Å². The molecule has 1 saturated heterocycles. The van der Waals surface area contributed by atoms with Gasteiger partial charge in [0.25, 0.3) is 0 Å². The first-order valence-corrected chi connectivity index (χ1v) is 6.24. The zero-order chi connectivity index (χ0) is 11.5. The lowest BCUT2D eigenvalue weighted by atomic mass is 9.96. The second-order valence-corrected chi connectivity index (χ2v) is 3.79. The summed E-state index contributed by atoms with van der Waals surface area (Å²) in [6.45, 7) is 5.87. The summed E-state index contributed by atoms with van der Waals surface area (Å²) < 4.78 is 4.99. The molecule has 2 N–H and O–H groups in total. The van der Waals surface area contributed by atoms with Crippen LogP contribution in [0.2, 0.25) is 0 Å². The van der Waals surface area contributed by atoms with E-state index in [0.717, 1.165) is 25.9 Å². The van der Waals surface area contributed by atoms with Crippen LogP contribution in [-0.2, 0) is 4.74 Å². The molecule has 1 aliphatic heterocycles. The van der Waals surface area contributed by atoms with Gasteiger partial charge in [-0.3, -0.25) is 0 Å². The van der Waals surface area contributed by atoms with Crippen LogP contribution in [0.1, 0.15) is 46.0 Å². The first-order valence-electron chi connectivity index (χ1n) is 6.24. The molecule has 0 spiro atoms. The molecule has 2 rings (SSSR count).